The average Bonchev–Trinajstić information content (AvgIpc) is 2.01. The fraction of sp³-hybridized carbons (Fsp3) is 0.714. The summed E-state index contributed by atoms with van der Waals surface area (Å²) < 4.78 is 4.61. The van der Waals surface area contributed by atoms with Gasteiger partial charge in [0.15, 0.2) is 0 Å². The van der Waals surface area contributed by atoms with Crippen LogP contribution in [0.5, 0.6) is 0 Å². The molecule has 4 heteroatoms. The Bertz CT molecular complexity index is 150. The van der Waals surface area contributed by atoms with Gasteiger partial charge < -0.3 is 9.84 Å². The smallest absolute Gasteiger partial charge is 0.305 e. The molecular weight excluding hydrogens is 146 g/mol. The van der Waals surface area contributed by atoms with Gasteiger partial charge in [0.05, 0.1) is 12.5 Å². The molecule has 62 valence electrons. The topological polar surface area (TPSA) is 70.3 Å². The Labute approximate surface area is 65.4 Å². The van der Waals surface area contributed by atoms with E-state index in [0.717, 1.165) is 0 Å². The van der Waals surface area contributed by atoms with Gasteiger partial charge in [-0.05, 0) is 6.42 Å². The number of esters is 1. The minimum absolute atomic E-state index is 0.00660. The summed E-state index contributed by atoms with van der Waals surface area (Å²) in [6, 6.07) is 1.85. The predicted molar refractivity (Wildman–Crippen MR) is 37.5 cm³/mol. The normalized spacial score (nSPS) is 8.73. The van der Waals surface area contributed by atoms with Crippen molar-refractivity contribution in [1.82, 2.24) is 0 Å². The van der Waals surface area contributed by atoms with Crippen LogP contribution in [0.1, 0.15) is 19.3 Å². The van der Waals surface area contributed by atoms with Crippen LogP contribution in [0.15, 0.2) is 0 Å². The number of aliphatic hydroxyl groups excluding tert-OH is 1. The van der Waals surface area contributed by atoms with Crippen molar-refractivity contribution < 1.29 is 14.6 Å². The van der Waals surface area contributed by atoms with Crippen molar-refractivity contribution in [2.75, 3.05) is 13.2 Å². The highest BCUT2D eigenvalue weighted by atomic mass is 16.5. The Morgan fingerprint density at radius 2 is 2.36 bits per heavy atom. The monoisotopic (exact) mass is 157 g/mol. The van der Waals surface area contributed by atoms with Crippen LogP contribution < -0.4 is 0 Å². The van der Waals surface area contributed by atoms with Gasteiger partial charge in [0.1, 0.15) is 6.61 Å². The highest BCUT2D eigenvalue weighted by molar-refractivity contribution is 5.69. The van der Waals surface area contributed by atoms with Gasteiger partial charge in [-0.1, -0.05) is 0 Å². The number of hydrogen-bond acceptors (Lipinski definition) is 4. The Balaban J connectivity index is 3.17. The van der Waals surface area contributed by atoms with Crippen LogP contribution in [-0.4, -0.2) is 24.3 Å². The number of nitriles is 1. The third kappa shape index (κ3) is 6.81. The molecule has 0 unspecified atom stereocenters. The molecule has 0 fully saturated rings. The van der Waals surface area contributed by atoms with Crippen molar-refractivity contribution in [1.29, 1.82) is 5.26 Å². The third-order valence-electron chi connectivity index (χ3n) is 1.02. The first kappa shape index (κ1) is 9.92. The summed E-state index contributed by atoms with van der Waals surface area (Å²) in [6.45, 7) is 0.147. The van der Waals surface area contributed by atoms with Gasteiger partial charge in [-0.3, -0.25) is 4.79 Å². The van der Waals surface area contributed by atoms with Crippen molar-refractivity contribution in [2.45, 2.75) is 19.3 Å². The van der Waals surface area contributed by atoms with E-state index < -0.39 is 0 Å². The minimum atomic E-state index is -0.352. The van der Waals surface area contributed by atoms with E-state index in [1.54, 1.807) is 0 Å². The summed E-state index contributed by atoms with van der Waals surface area (Å²) in [7, 11) is 0. The van der Waals surface area contributed by atoms with E-state index in [2.05, 4.69) is 4.74 Å². The SMILES string of the molecule is N#CCCOC(=O)CCCO. The fourth-order valence-electron chi connectivity index (χ4n) is 0.506. The lowest BCUT2D eigenvalue weighted by Crippen LogP contribution is -2.05. The number of aliphatic hydroxyl groups is 1. The van der Waals surface area contributed by atoms with Gasteiger partial charge in [-0.25, -0.2) is 0 Å². The number of nitrogens with zero attached hydrogens (tertiary/aromatic N) is 1. The van der Waals surface area contributed by atoms with E-state index in [-0.39, 0.29) is 32.0 Å². The van der Waals surface area contributed by atoms with Crippen LogP contribution in [0, 0.1) is 11.3 Å². The first-order valence-corrected chi connectivity index (χ1v) is 3.44. The molecule has 0 aliphatic rings. The van der Waals surface area contributed by atoms with Gasteiger partial charge in [-0.15, -0.1) is 0 Å². The summed E-state index contributed by atoms with van der Waals surface area (Å²) in [5.41, 5.74) is 0. The molecule has 0 saturated carbocycles. The maximum atomic E-state index is 10.6. The maximum Gasteiger partial charge on any atom is 0.305 e. The van der Waals surface area contributed by atoms with Gasteiger partial charge in [0, 0.05) is 13.0 Å². The first-order valence-electron chi connectivity index (χ1n) is 3.44. The summed E-state index contributed by atoms with van der Waals surface area (Å²) in [4.78, 5) is 10.6. The lowest BCUT2D eigenvalue weighted by molar-refractivity contribution is -0.143. The van der Waals surface area contributed by atoms with Crippen LogP contribution in [0.4, 0.5) is 0 Å². The van der Waals surface area contributed by atoms with E-state index in [1.165, 1.54) is 0 Å². The Hall–Kier alpha value is -1.08. The molecule has 4 nitrogen and oxygen atoms in total. The zero-order valence-electron chi connectivity index (χ0n) is 6.25. The molecule has 0 radical (unpaired) electrons. The fourth-order valence-corrected chi connectivity index (χ4v) is 0.506. The van der Waals surface area contributed by atoms with E-state index in [9.17, 15) is 4.79 Å². The summed E-state index contributed by atoms with van der Waals surface area (Å²) in [5, 5.41) is 16.4. The van der Waals surface area contributed by atoms with Gasteiger partial charge in [0.2, 0.25) is 0 Å². The molecule has 1 N–H and O–H groups in total. The van der Waals surface area contributed by atoms with Gasteiger partial charge >= 0.3 is 5.97 Å². The van der Waals surface area contributed by atoms with E-state index in [0.29, 0.717) is 6.42 Å². The van der Waals surface area contributed by atoms with Crippen molar-refractivity contribution in [2.24, 2.45) is 0 Å². The number of hydrogen-bond donors (Lipinski definition) is 1. The number of ether oxygens (including phenoxy) is 1. The molecule has 0 aliphatic heterocycles. The van der Waals surface area contributed by atoms with Crippen molar-refractivity contribution in [3.05, 3.63) is 0 Å². The largest absolute Gasteiger partial charge is 0.465 e. The molecule has 0 aromatic heterocycles. The highest BCUT2D eigenvalue weighted by Gasteiger charge is 2.00. The predicted octanol–water partition coefficient (Wildman–Crippen LogP) is 0.216. The van der Waals surface area contributed by atoms with E-state index >= 15 is 0 Å². The van der Waals surface area contributed by atoms with Crippen LogP contribution >= 0.6 is 0 Å². The second kappa shape index (κ2) is 7.03. The molecule has 0 spiro atoms. The maximum absolute atomic E-state index is 10.6. The molecule has 0 atom stereocenters. The van der Waals surface area contributed by atoms with E-state index in [4.69, 9.17) is 10.4 Å². The van der Waals surface area contributed by atoms with Gasteiger partial charge in [0.25, 0.3) is 0 Å². The molecule has 0 bridgehead atoms. The Morgan fingerprint density at radius 3 is 2.91 bits per heavy atom. The van der Waals surface area contributed by atoms with Crippen LogP contribution in [-0.2, 0) is 9.53 Å². The molecule has 0 amide bonds. The zero-order chi connectivity index (χ0) is 8.53. The molecule has 0 rings (SSSR count). The molecular formula is C7H11NO3. The Kier molecular flexibility index (Phi) is 6.34. The van der Waals surface area contributed by atoms with Crippen LogP contribution in [0.25, 0.3) is 0 Å². The van der Waals surface area contributed by atoms with Crippen molar-refractivity contribution >= 4 is 5.97 Å². The second-order valence-corrected chi connectivity index (χ2v) is 1.96. The third-order valence-corrected chi connectivity index (χ3v) is 1.02. The molecule has 0 aliphatic carbocycles. The number of carbonyl (C=O) groups is 1. The molecule has 0 aromatic carbocycles. The lowest BCUT2D eigenvalue weighted by atomic mass is 10.3. The van der Waals surface area contributed by atoms with Crippen LogP contribution in [0.2, 0.25) is 0 Å². The standard InChI is InChI=1S/C7H11NO3/c8-4-2-6-11-7(10)3-1-5-9/h9H,1-3,5-6H2. The number of rotatable bonds is 5. The molecule has 11 heavy (non-hydrogen) atoms. The van der Waals surface area contributed by atoms with Crippen molar-refractivity contribution in [3.8, 4) is 6.07 Å². The zero-order valence-corrected chi connectivity index (χ0v) is 6.25. The quantitative estimate of drug-likeness (QED) is 0.457. The van der Waals surface area contributed by atoms with Gasteiger partial charge in [-0.2, -0.15) is 5.26 Å². The highest BCUT2D eigenvalue weighted by Crippen LogP contribution is 1.91. The van der Waals surface area contributed by atoms with E-state index in [1.807, 2.05) is 6.07 Å². The minimum Gasteiger partial charge on any atom is -0.465 e. The first-order chi connectivity index (χ1) is 5.31. The summed E-state index contributed by atoms with van der Waals surface area (Å²) in [6.07, 6.45) is 0.873. The van der Waals surface area contributed by atoms with Crippen LogP contribution in [0.3, 0.4) is 0 Å². The Morgan fingerprint density at radius 1 is 1.64 bits per heavy atom. The summed E-state index contributed by atoms with van der Waals surface area (Å²) in [5.74, 6) is -0.352. The lowest BCUT2D eigenvalue weighted by Gasteiger charge is -1.99. The molecule has 0 saturated heterocycles. The molecule has 0 heterocycles. The molecule has 0 aromatic rings. The van der Waals surface area contributed by atoms with Crippen molar-refractivity contribution in [3.63, 3.8) is 0 Å². The summed E-state index contributed by atoms with van der Waals surface area (Å²) >= 11 is 0. The average molecular weight is 157 g/mol. The second-order valence-electron chi connectivity index (χ2n) is 1.96. The number of carbonyl (C=O) groups excluding carboxylic acids is 1.